The highest BCUT2D eigenvalue weighted by Crippen LogP contribution is 2.23. The van der Waals surface area contributed by atoms with Gasteiger partial charge in [0.25, 0.3) is 5.91 Å². The number of nitrogens with one attached hydrogen (secondary N) is 2. The van der Waals surface area contributed by atoms with Gasteiger partial charge in [-0.1, -0.05) is 18.1 Å². The molecule has 0 aliphatic carbocycles. The van der Waals surface area contributed by atoms with Crippen LogP contribution in [0.5, 0.6) is 0 Å². The zero-order chi connectivity index (χ0) is 23.5. The lowest BCUT2D eigenvalue weighted by molar-refractivity contribution is -0.343. The minimum Gasteiger partial charge on any atom is -0.344 e. The predicted molar refractivity (Wildman–Crippen MR) is 130 cm³/mol. The smallest absolute Gasteiger partial charge is 0.289 e. The van der Waals surface area contributed by atoms with E-state index in [0.29, 0.717) is 19.0 Å². The predicted octanol–water partition coefficient (Wildman–Crippen LogP) is 1.67. The Balaban J connectivity index is 1.43. The number of aromatic amines is 1. The van der Waals surface area contributed by atoms with E-state index in [2.05, 4.69) is 37.2 Å². The number of benzene rings is 1. The minimum absolute atomic E-state index is 0.0810. The Morgan fingerprint density at radius 1 is 1.24 bits per heavy atom. The first-order valence-electron chi connectivity index (χ1n) is 11.4. The molecule has 4 heterocycles. The van der Waals surface area contributed by atoms with E-state index in [4.69, 9.17) is 10.7 Å². The molecule has 34 heavy (non-hydrogen) atoms. The number of rotatable bonds is 5. The fraction of sp³-hybridized carbons (Fsp3) is 0.320. The summed E-state index contributed by atoms with van der Waals surface area (Å²) >= 11 is 0. The molecule has 1 fully saturated rings. The molecule has 1 aromatic carbocycles. The van der Waals surface area contributed by atoms with Gasteiger partial charge >= 0.3 is 0 Å². The number of hydrogen-bond donors (Lipinski definition) is 2. The number of carbonyl (C=O) groups is 1. The van der Waals surface area contributed by atoms with Crippen molar-refractivity contribution in [1.29, 1.82) is 0 Å². The average molecular weight is 456 g/mol. The summed E-state index contributed by atoms with van der Waals surface area (Å²) < 4.78 is 1.77. The third-order valence-corrected chi connectivity index (χ3v) is 6.10. The second-order valence-corrected chi connectivity index (χ2v) is 8.40. The maximum absolute atomic E-state index is 13.2. The Morgan fingerprint density at radius 2 is 2.09 bits per heavy atom. The summed E-state index contributed by atoms with van der Waals surface area (Å²) in [7, 11) is 0. The van der Waals surface area contributed by atoms with Crippen LogP contribution in [0.25, 0.3) is 21.8 Å². The zero-order valence-corrected chi connectivity index (χ0v) is 19.1. The molecule has 172 valence electrons. The van der Waals surface area contributed by atoms with Crippen molar-refractivity contribution >= 4 is 33.7 Å². The van der Waals surface area contributed by atoms with E-state index in [1.54, 1.807) is 11.5 Å². The van der Waals surface area contributed by atoms with Gasteiger partial charge in [0.1, 0.15) is 0 Å². The normalized spacial score (nSPS) is 15.8. The number of nitrogens with zero attached hydrogens (tertiary/aromatic N) is 5. The number of fused-ring (bicyclic) bond motifs is 3. The first-order valence-corrected chi connectivity index (χ1v) is 11.4. The summed E-state index contributed by atoms with van der Waals surface area (Å²) in [4.78, 5) is 23.4. The maximum Gasteiger partial charge on any atom is 0.289 e. The maximum atomic E-state index is 13.2. The van der Waals surface area contributed by atoms with Crippen LogP contribution < -0.4 is 20.9 Å². The van der Waals surface area contributed by atoms with E-state index in [-0.39, 0.29) is 24.3 Å². The van der Waals surface area contributed by atoms with Gasteiger partial charge in [0.15, 0.2) is 6.20 Å². The molecule has 0 bridgehead atoms. The van der Waals surface area contributed by atoms with Crippen molar-refractivity contribution in [3.63, 3.8) is 0 Å². The second kappa shape index (κ2) is 9.45. The van der Waals surface area contributed by atoms with Gasteiger partial charge in [-0.2, -0.15) is 0 Å². The van der Waals surface area contributed by atoms with Gasteiger partial charge in [0.2, 0.25) is 17.3 Å². The molecule has 4 N–H and O–H groups in total. The van der Waals surface area contributed by atoms with Crippen molar-refractivity contribution in [3.05, 3.63) is 54.1 Å². The summed E-state index contributed by atoms with van der Waals surface area (Å²) in [6.45, 7) is 3.88. The Labute approximate surface area is 197 Å². The average Bonchev–Trinajstić information content (AvgIpc) is 3.30. The fourth-order valence-electron chi connectivity index (χ4n) is 4.46. The van der Waals surface area contributed by atoms with Gasteiger partial charge in [-0.15, -0.1) is 16.1 Å². The number of aromatic nitrogens is 5. The third-order valence-electron chi connectivity index (χ3n) is 6.10. The molecule has 1 aliphatic rings. The summed E-state index contributed by atoms with van der Waals surface area (Å²) in [6, 6.07) is 12.0. The lowest BCUT2D eigenvalue weighted by Crippen LogP contribution is -2.44. The summed E-state index contributed by atoms with van der Waals surface area (Å²) in [5.41, 5.74) is 8.79. The van der Waals surface area contributed by atoms with E-state index in [0.717, 1.165) is 46.9 Å². The molecule has 0 spiro atoms. The lowest BCUT2D eigenvalue weighted by Gasteiger charge is -2.31. The van der Waals surface area contributed by atoms with Gasteiger partial charge in [-0.05, 0) is 38.0 Å². The molecule has 0 saturated carbocycles. The molecule has 1 aliphatic heterocycles. The summed E-state index contributed by atoms with van der Waals surface area (Å²) in [6.07, 6.45) is 3.85. The van der Waals surface area contributed by atoms with E-state index in [9.17, 15) is 4.79 Å². The van der Waals surface area contributed by atoms with E-state index >= 15 is 0 Å². The molecule has 1 unspecified atom stereocenters. The number of para-hydroxylation sites is 1. The molecule has 5 rings (SSSR count). The minimum atomic E-state index is -0.319. The highest BCUT2D eigenvalue weighted by molar-refractivity contribution is 6.02. The Kier molecular flexibility index (Phi) is 6.06. The molecule has 9 heteroatoms. The van der Waals surface area contributed by atoms with Crippen LogP contribution in [0.1, 0.15) is 36.1 Å². The van der Waals surface area contributed by atoms with Crippen LogP contribution in [-0.4, -0.2) is 44.8 Å². The highest BCUT2D eigenvalue weighted by atomic mass is 16.2. The number of hydrogen-bond acceptors (Lipinski definition) is 6. The Bertz CT molecular complexity index is 1420. The van der Waals surface area contributed by atoms with Crippen LogP contribution in [0.2, 0.25) is 0 Å². The van der Waals surface area contributed by atoms with Gasteiger partial charge in [0.05, 0.1) is 35.1 Å². The van der Waals surface area contributed by atoms with Gasteiger partial charge < -0.3 is 16.0 Å². The van der Waals surface area contributed by atoms with Crippen LogP contribution in [0, 0.1) is 11.8 Å². The Hall–Kier alpha value is -4.03. The van der Waals surface area contributed by atoms with Gasteiger partial charge in [0, 0.05) is 25.2 Å². The highest BCUT2D eigenvalue weighted by Gasteiger charge is 2.25. The van der Waals surface area contributed by atoms with Crippen LogP contribution in [0.4, 0.5) is 5.95 Å². The van der Waals surface area contributed by atoms with E-state index in [1.807, 2.05) is 42.6 Å². The van der Waals surface area contributed by atoms with Crippen LogP contribution >= 0.6 is 0 Å². The fourth-order valence-corrected chi connectivity index (χ4v) is 4.46. The number of pyridine rings is 2. The lowest BCUT2D eigenvalue weighted by atomic mass is 10.1. The number of nitrogens with two attached hydrogens (primary N) is 1. The van der Waals surface area contributed by atoms with Crippen molar-refractivity contribution in [1.82, 2.24) is 25.1 Å². The van der Waals surface area contributed by atoms with Crippen molar-refractivity contribution < 1.29 is 9.78 Å². The first kappa shape index (κ1) is 21.8. The quantitative estimate of drug-likeness (QED) is 0.349. The summed E-state index contributed by atoms with van der Waals surface area (Å²) in [5.74, 6) is 6.47. The number of piperidine rings is 1. The van der Waals surface area contributed by atoms with Crippen molar-refractivity contribution in [2.45, 2.75) is 38.9 Å². The number of H-pyrrole nitrogens is 1. The van der Waals surface area contributed by atoms with Crippen LogP contribution in [0.3, 0.4) is 0 Å². The van der Waals surface area contributed by atoms with Crippen LogP contribution in [-0.2, 0) is 13.1 Å². The monoisotopic (exact) mass is 455 g/mol. The third kappa shape index (κ3) is 4.16. The zero-order valence-electron chi connectivity index (χ0n) is 19.1. The molecular formula is C25H27N8O+. The largest absolute Gasteiger partial charge is 0.344 e. The number of anilines is 1. The van der Waals surface area contributed by atoms with E-state index < -0.39 is 0 Å². The SMILES string of the molecule is CC#CCn1c(C(=O)NCc2nc3ccccc3c3[nH+]cccc23)nnc1N1CCCC(N)C1. The van der Waals surface area contributed by atoms with Crippen molar-refractivity contribution in [2.24, 2.45) is 5.73 Å². The van der Waals surface area contributed by atoms with Crippen molar-refractivity contribution in [3.8, 4) is 11.8 Å². The second-order valence-electron chi connectivity index (χ2n) is 8.40. The van der Waals surface area contributed by atoms with Crippen LogP contribution in [0.15, 0.2) is 42.6 Å². The van der Waals surface area contributed by atoms with Gasteiger partial charge in [-0.25, -0.2) is 9.97 Å². The molecule has 1 amide bonds. The Morgan fingerprint density at radius 3 is 2.94 bits per heavy atom. The molecular weight excluding hydrogens is 428 g/mol. The molecule has 1 atom stereocenters. The van der Waals surface area contributed by atoms with Crippen molar-refractivity contribution in [2.75, 3.05) is 18.0 Å². The molecule has 1 saturated heterocycles. The topological polar surface area (TPSA) is 116 Å². The molecule has 3 aromatic heterocycles. The standard InChI is InChI=1S/C25H26N8O/c1-2-3-14-33-23(30-31-25(33)32-13-7-8-17(26)16-32)24(34)28-15-21-19-10-6-12-27-22(19)18-9-4-5-11-20(18)29-21/h4-6,9-12,17H,7-8,13-16,26H2,1H3,(H,28,34)/p+1. The number of carbonyl (C=O) groups excluding carboxylic acids is 1. The first-order chi connectivity index (χ1) is 16.7. The molecule has 0 radical (unpaired) electrons. The van der Waals surface area contributed by atoms with Gasteiger partial charge in [-0.3, -0.25) is 9.36 Å². The summed E-state index contributed by atoms with van der Waals surface area (Å²) in [5, 5.41) is 13.5. The molecule has 4 aromatic rings. The van der Waals surface area contributed by atoms with E-state index in [1.165, 1.54) is 0 Å². The number of amides is 1. The molecule has 9 nitrogen and oxygen atoms in total.